The van der Waals surface area contributed by atoms with Gasteiger partial charge in [-0.25, -0.2) is 15.0 Å². The van der Waals surface area contributed by atoms with Gasteiger partial charge in [-0.05, 0) is 28.8 Å². The van der Waals surface area contributed by atoms with Crippen LogP contribution in [-0.4, -0.2) is 66.9 Å². The lowest BCUT2D eigenvalue weighted by molar-refractivity contribution is -0.175. The van der Waals surface area contributed by atoms with E-state index in [-0.39, 0.29) is 11.5 Å². The van der Waals surface area contributed by atoms with E-state index in [2.05, 4.69) is 15.0 Å². The van der Waals surface area contributed by atoms with Gasteiger partial charge in [-0.3, -0.25) is 4.57 Å². The molecule has 0 bridgehead atoms. The first-order chi connectivity index (χ1) is 19.5. The van der Waals surface area contributed by atoms with Crippen molar-refractivity contribution in [3.63, 3.8) is 0 Å². The summed E-state index contributed by atoms with van der Waals surface area (Å²) in [4.78, 5) is 13.1. The Morgan fingerprint density at radius 2 is 1.57 bits per heavy atom. The molecule has 204 valence electrons. The molecule has 5 N–H and O–H groups in total. The van der Waals surface area contributed by atoms with Crippen LogP contribution in [0.4, 0.5) is 5.82 Å². The fourth-order valence-electron chi connectivity index (χ4n) is 6.09. The van der Waals surface area contributed by atoms with Crippen LogP contribution in [0.25, 0.3) is 11.2 Å². The second kappa shape index (κ2) is 10.00. The van der Waals surface area contributed by atoms with E-state index < -0.39 is 36.1 Å². The van der Waals surface area contributed by atoms with Crippen molar-refractivity contribution < 1.29 is 24.8 Å². The molecule has 0 radical (unpaired) electrons. The molecule has 6 rings (SSSR count). The fraction of sp³-hybridized carbons (Fsp3) is 0.233. The van der Waals surface area contributed by atoms with Crippen LogP contribution < -0.4 is 10.5 Å². The number of rotatable bonds is 7. The third-order valence-corrected chi connectivity index (χ3v) is 7.79. The van der Waals surface area contributed by atoms with Gasteiger partial charge >= 0.3 is 0 Å². The van der Waals surface area contributed by atoms with Crippen LogP contribution >= 0.6 is 0 Å². The molecule has 10 heteroatoms. The van der Waals surface area contributed by atoms with Crippen molar-refractivity contribution in [2.75, 3.05) is 19.5 Å². The van der Waals surface area contributed by atoms with Crippen molar-refractivity contribution in [2.24, 2.45) is 0 Å². The topological polar surface area (TPSA) is 149 Å². The van der Waals surface area contributed by atoms with E-state index in [1.165, 1.54) is 12.7 Å². The summed E-state index contributed by atoms with van der Waals surface area (Å²) in [5.41, 5.74) is 5.73. The van der Waals surface area contributed by atoms with Gasteiger partial charge in [0, 0.05) is 0 Å². The maximum absolute atomic E-state index is 12.2. The average molecular weight is 540 g/mol. The number of aliphatic hydroxyl groups is 3. The predicted molar refractivity (Wildman–Crippen MR) is 147 cm³/mol. The first kappa shape index (κ1) is 25.9. The molecule has 0 spiro atoms. The van der Waals surface area contributed by atoms with Crippen LogP contribution in [0.1, 0.15) is 16.7 Å². The number of fused-ring (bicyclic) bond motifs is 1. The summed E-state index contributed by atoms with van der Waals surface area (Å²) in [6.07, 6.45) is -1.39. The molecule has 5 aromatic rings. The van der Waals surface area contributed by atoms with Gasteiger partial charge in [0.15, 0.2) is 17.2 Å². The number of methoxy groups -OCH3 is 1. The number of ether oxygens (including phenoxy) is 2. The van der Waals surface area contributed by atoms with Gasteiger partial charge in [-0.1, -0.05) is 72.8 Å². The quantitative estimate of drug-likeness (QED) is 0.228. The lowest BCUT2D eigenvalue weighted by Gasteiger charge is -2.51. The molecule has 0 aliphatic carbocycles. The molecule has 0 unspecified atom stereocenters. The maximum atomic E-state index is 12.2. The number of nitrogens with zero attached hydrogens (tertiary/aromatic N) is 4. The van der Waals surface area contributed by atoms with E-state index in [1.807, 2.05) is 84.9 Å². The van der Waals surface area contributed by atoms with Gasteiger partial charge in [-0.2, -0.15) is 0 Å². The van der Waals surface area contributed by atoms with E-state index >= 15 is 0 Å². The molecule has 2 aromatic heterocycles. The lowest BCUT2D eigenvalue weighted by atomic mass is 9.60. The molecule has 0 saturated carbocycles. The van der Waals surface area contributed by atoms with Gasteiger partial charge in [0.05, 0.1) is 25.5 Å². The largest absolute Gasteiger partial charge is 0.497 e. The minimum Gasteiger partial charge on any atom is -0.497 e. The van der Waals surface area contributed by atoms with E-state index in [0.29, 0.717) is 16.8 Å². The third-order valence-electron chi connectivity index (χ3n) is 7.79. The molecular weight excluding hydrogens is 510 g/mol. The zero-order valence-corrected chi connectivity index (χ0v) is 21.7. The number of anilines is 1. The minimum absolute atomic E-state index is 0.150. The molecule has 10 nitrogen and oxygen atoms in total. The second-order valence-corrected chi connectivity index (χ2v) is 9.73. The normalized spacial score (nSPS) is 22.9. The Labute approximate surface area is 230 Å². The maximum Gasteiger partial charge on any atom is 0.194 e. The van der Waals surface area contributed by atoms with Crippen LogP contribution in [0.3, 0.4) is 0 Å². The summed E-state index contributed by atoms with van der Waals surface area (Å²) in [7, 11) is 1.58. The molecule has 1 fully saturated rings. The number of benzene rings is 3. The van der Waals surface area contributed by atoms with Crippen molar-refractivity contribution in [3.8, 4) is 5.75 Å². The van der Waals surface area contributed by atoms with Gasteiger partial charge < -0.3 is 30.5 Å². The number of imidazole rings is 1. The number of nitrogen functional groups attached to an aromatic ring is 1. The Hall–Kier alpha value is -4.35. The van der Waals surface area contributed by atoms with Crippen LogP contribution in [0.5, 0.6) is 5.75 Å². The first-order valence-electron chi connectivity index (χ1n) is 12.8. The summed E-state index contributed by atoms with van der Waals surface area (Å²) in [5, 5.41) is 33.9. The lowest BCUT2D eigenvalue weighted by Crippen LogP contribution is -2.61. The van der Waals surface area contributed by atoms with Crippen molar-refractivity contribution >= 4 is 17.0 Å². The number of hydrogen-bond donors (Lipinski definition) is 4. The van der Waals surface area contributed by atoms with Gasteiger partial charge in [0.25, 0.3) is 0 Å². The molecule has 3 aromatic carbocycles. The highest BCUT2D eigenvalue weighted by Gasteiger charge is 2.68. The Kier molecular flexibility index (Phi) is 6.47. The summed E-state index contributed by atoms with van der Waals surface area (Å²) in [6, 6.07) is 26.6. The highest BCUT2D eigenvalue weighted by atomic mass is 16.6. The molecule has 1 saturated heterocycles. The average Bonchev–Trinajstić information content (AvgIpc) is 3.55. The molecule has 1 aliphatic rings. The van der Waals surface area contributed by atoms with E-state index in [9.17, 15) is 15.3 Å². The SMILES string of the molecule is COc1cccc(C(c2ccccc2)(c2ccccc2)[C@@]2(n3cnc4c(N)ncnc43)O[C@H](CO)[C@@H](O)[C@H]2O)c1. The summed E-state index contributed by atoms with van der Waals surface area (Å²) in [6.45, 7) is -0.540. The van der Waals surface area contributed by atoms with E-state index in [1.54, 1.807) is 11.7 Å². The van der Waals surface area contributed by atoms with E-state index in [0.717, 1.165) is 11.1 Å². The summed E-state index contributed by atoms with van der Waals surface area (Å²) >= 11 is 0. The van der Waals surface area contributed by atoms with Gasteiger partial charge in [0.2, 0.25) is 0 Å². The number of aliphatic hydroxyl groups excluding tert-OH is 3. The second-order valence-electron chi connectivity index (χ2n) is 9.73. The molecule has 40 heavy (non-hydrogen) atoms. The predicted octanol–water partition coefficient (Wildman–Crippen LogP) is 2.22. The van der Waals surface area contributed by atoms with Gasteiger partial charge in [0.1, 0.15) is 35.9 Å². The van der Waals surface area contributed by atoms with Crippen molar-refractivity contribution in [2.45, 2.75) is 29.5 Å². The monoisotopic (exact) mass is 539 g/mol. The Morgan fingerprint density at radius 1 is 0.925 bits per heavy atom. The Morgan fingerprint density at radius 3 is 2.17 bits per heavy atom. The Balaban J connectivity index is 1.85. The highest BCUT2D eigenvalue weighted by Crippen LogP contribution is 2.58. The molecule has 4 atom stereocenters. The fourth-order valence-corrected chi connectivity index (χ4v) is 6.09. The zero-order valence-electron chi connectivity index (χ0n) is 21.7. The number of nitrogens with two attached hydrogens (primary N) is 1. The van der Waals surface area contributed by atoms with Crippen molar-refractivity contribution in [1.82, 2.24) is 19.5 Å². The molecule has 1 aliphatic heterocycles. The van der Waals surface area contributed by atoms with Crippen LogP contribution in [0.15, 0.2) is 97.6 Å². The van der Waals surface area contributed by atoms with Crippen molar-refractivity contribution in [3.05, 3.63) is 114 Å². The van der Waals surface area contributed by atoms with Crippen molar-refractivity contribution in [1.29, 1.82) is 0 Å². The molecule has 3 heterocycles. The molecule has 0 amide bonds. The highest BCUT2D eigenvalue weighted by molar-refractivity contribution is 5.81. The van der Waals surface area contributed by atoms with Crippen LogP contribution in [-0.2, 0) is 15.9 Å². The standard InChI is InChI=1S/C30H29N5O5/c1-39-22-14-8-13-21(15-22)29(19-9-4-2-5-10-19,20-11-6-3-7-12-20)30(26(38)25(37)23(16-36)40-30)35-18-34-24-27(31)32-17-33-28(24)35/h2-15,17-18,23,25-26,36-38H,16H2,1H3,(H2,31,32,33)/t23-,25-,26-,30+/m1/s1. The third kappa shape index (κ3) is 3.54. The van der Waals surface area contributed by atoms with E-state index in [4.69, 9.17) is 15.2 Å². The molecular formula is C30H29N5O5. The minimum atomic E-state index is -1.84. The van der Waals surface area contributed by atoms with Crippen LogP contribution in [0, 0.1) is 0 Å². The number of aromatic nitrogens is 4. The summed E-state index contributed by atoms with van der Waals surface area (Å²) in [5.74, 6) is 0.731. The zero-order chi connectivity index (χ0) is 27.9. The van der Waals surface area contributed by atoms with Crippen LogP contribution in [0.2, 0.25) is 0 Å². The smallest absolute Gasteiger partial charge is 0.194 e. The Bertz CT molecular complexity index is 1590. The number of hydrogen-bond acceptors (Lipinski definition) is 9. The first-order valence-corrected chi connectivity index (χ1v) is 12.8. The van der Waals surface area contributed by atoms with Gasteiger partial charge in [-0.15, -0.1) is 0 Å². The summed E-state index contributed by atoms with van der Waals surface area (Å²) < 4.78 is 14.0.